The number of hydrogen-bond donors (Lipinski definition) is 1. The maximum atomic E-state index is 13.7. The number of halogens is 1. The van der Waals surface area contributed by atoms with Gasteiger partial charge in [0, 0.05) is 31.5 Å². The molecule has 1 N–H and O–H groups in total. The Morgan fingerprint density at radius 1 is 0.782 bits per heavy atom. The average Bonchev–Trinajstić information content (AvgIpc) is 3.43. The molecule has 4 aromatic rings. The Morgan fingerprint density at radius 2 is 1.45 bits per heavy atom. The monoisotopic (exact) mass is 759 g/mol. The van der Waals surface area contributed by atoms with Crippen LogP contribution < -0.4 is 10.9 Å². The molecule has 286 valence electrons. The van der Waals surface area contributed by atoms with Crippen LogP contribution in [0.4, 0.5) is 0 Å². The number of benzene rings is 3. The largest absolute Gasteiger partial charge is 0.342 e. The second-order valence-corrected chi connectivity index (χ2v) is 17.6. The van der Waals surface area contributed by atoms with Gasteiger partial charge in [-0.2, -0.15) is 4.98 Å². The fraction of sp³-hybridized carbons (Fsp3) is 0.489. The molecule has 1 atom stereocenters. The van der Waals surface area contributed by atoms with E-state index in [1.54, 1.807) is 6.07 Å². The fourth-order valence-electron chi connectivity index (χ4n) is 10.5. The predicted octanol–water partition coefficient (Wildman–Crippen LogP) is 7.34. The molecule has 3 saturated heterocycles. The minimum Gasteiger partial charge on any atom is -0.342 e. The van der Waals surface area contributed by atoms with Crippen molar-refractivity contribution in [2.75, 3.05) is 26.2 Å². The average molecular weight is 760 g/mol. The lowest BCUT2D eigenvalue weighted by Crippen LogP contribution is -2.46. The van der Waals surface area contributed by atoms with Gasteiger partial charge < -0.3 is 9.80 Å². The van der Waals surface area contributed by atoms with Gasteiger partial charge in [-0.1, -0.05) is 54.1 Å². The van der Waals surface area contributed by atoms with Crippen LogP contribution in [0.1, 0.15) is 124 Å². The van der Waals surface area contributed by atoms with Crippen LogP contribution in [0.2, 0.25) is 5.02 Å². The van der Waals surface area contributed by atoms with Crippen molar-refractivity contribution in [2.24, 2.45) is 5.92 Å². The number of likely N-dealkylation sites (tertiary alicyclic amines) is 2. The Balaban J connectivity index is 0.784. The Morgan fingerprint density at radius 3 is 2.18 bits per heavy atom. The van der Waals surface area contributed by atoms with Crippen molar-refractivity contribution in [3.05, 3.63) is 104 Å². The molecule has 10 heteroatoms. The smallest absolute Gasteiger partial charge is 0.282 e. The molecule has 1 aliphatic carbocycles. The van der Waals surface area contributed by atoms with Crippen LogP contribution in [0.3, 0.4) is 0 Å². The van der Waals surface area contributed by atoms with Gasteiger partial charge in [-0.25, -0.2) is 0 Å². The molecule has 1 aromatic heterocycles. The third-order valence-electron chi connectivity index (χ3n) is 13.8. The van der Waals surface area contributed by atoms with E-state index in [1.807, 2.05) is 24.3 Å². The van der Waals surface area contributed by atoms with Crippen molar-refractivity contribution >= 4 is 40.2 Å². The molecule has 1 saturated carbocycles. The van der Waals surface area contributed by atoms with E-state index in [0.717, 1.165) is 100 Å². The van der Waals surface area contributed by atoms with E-state index in [9.17, 15) is 19.2 Å². The van der Waals surface area contributed by atoms with Gasteiger partial charge in [0.05, 0.1) is 32.9 Å². The van der Waals surface area contributed by atoms with Crippen LogP contribution >= 0.6 is 11.6 Å². The number of fused-ring (bicyclic) bond motifs is 5. The number of imide groups is 1. The van der Waals surface area contributed by atoms with E-state index >= 15 is 0 Å². The highest BCUT2D eigenvalue weighted by molar-refractivity contribution is 6.35. The number of nitrogens with one attached hydrogen (secondary N) is 1. The van der Waals surface area contributed by atoms with Gasteiger partial charge >= 0.3 is 0 Å². The first-order valence-electron chi connectivity index (χ1n) is 20.4. The van der Waals surface area contributed by atoms with Gasteiger partial charge in [0.2, 0.25) is 17.7 Å². The molecular weight excluding hydrogens is 710 g/mol. The van der Waals surface area contributed by atoms with Crippen molar-refractivity contribution in [2.45, 2.75) is 107 Å². The number of rotatable bonds is 5. The summed E-state index contributed by atoms with van der Waals surface area (Å²) in [5, 5.41) is 3.40. The molecule has 1 unspecified atom stereocenters. The number of nitrogens with zero attached hydrogens (tertiary/aromatic N) is 4. The second kappa shape index (κ2) is 14.3. The highest BCUT2D eigenvalue weighted by atomic mass is 35.5. The van der Waals surface area contributed by atoms with E-state index in [2.05, 4.69) is 68.8 Å². The molecule has 0 bridgehead atoms. The van der Waals surface area contributed by atoms with Crippen molar-refractivity contribution in [3.8, 4) is 5.69 Å². The van der Waals surface area contributed by atoms with E-state index in [4.69, 9.17) is 11.6 Å². The first kappa shape index (κ1) is 36.3. The van der Waals surface area contributed by atoms with Crippen LogP contribution in [0, 0.1) is 5.92 Å². The molecule has 9 nitrogen and oxygen atoms in total. The molecule has 3 aromatic carbocycles. The zero-order valence-corrected chi connectivity index (χ0v) is 32.6. The summed E-state index contributed by atoms with van der Waals surface area (Å²) in [4.78, 5) is 60.3. The van der Waals surface area contributed by atoms with Crippen LogP contribution in [-0.2, 0) is 19.8 Å². The Kier molecular flexibility index (Phi) is 9.44. The third-order valence-corrected chi connectivity index (χ3v) is 14.1. The lowest BCUT2D eigenvalue weighted by molar-refractivity contribution is -0.138. The van der Waals surface area contributed by atoms with Crippen molar-refractivity contribution < 1.29 is 14.4 Å². The lowest BCUT2D eigenvalue weighted by atomic mass is 9.81. The van der Waals surface area contributed by atoms with E-state index < -0.39 is 5.41 Å². The van der Waals surface area contributed by atoms with E-state index in [0.29, 0.717) is 47.0 Å². The van der Waals surface area contributed by atoms with Crippen molar-refractivity contribution in [3.63, 3.8) is 0 Å². The molecule has 55 heavy (non-hydrogen) atoms. The fourth-order valence-corrected chi connectivity index (χ4v) is 10.8. The molecule has 3 amide bonds. The number of amides is 3. The SMILES string of the molecule is CC1(C)c2ccc(C3CCN(C4CCC(C(=O)N5CCC(c6cccc(C7CCC(=O)NC7=O)c6)CC5)CC4)CC3)cc2-n2c1nc(=O)c1c(Cl)cccc12. The molecular formula is C45H50ClN5O4. The maximum absolute atomic E-state index is 13.7. The number of piperidine rings is 3. The lowest BCUT2D eigenvalue weighted by Gasteiger charge is -2.42. The Labute approximate surface area is 327 Å². The summed E-state index contributed by atoms with van der Waals surface area (Å²) in [5.74, 6) is 1.41. The first-order chi connectivity index (χ1) is 26.6. The summed E-state index contributed by atoms with van der Waals surface area (Å²) in [7, 11) is 0. The summed E-state index contributed by atoms with van der Waals surface area (Å²) in [6.45, 7) is 7.99. The van der Waals surface area contributed by atoms with Crippen molar-refractivity contribution in [1.29, 1.82) is 0 Å². The summed E-state index contributed by atoms with van der Waals surface area (Å²) in [6.07, 6.45) is 9.11. The summed E-state index contributed by atoms with van der Waals surface area (Å²) in [5.41, 5.74) is 6.00. The van der Waals surface area contributed by atoms with E-state index in [1.165, 1.54) is 16.7 Å². The van der Waals surface area contributed by atoms with Crippen molar-refractivity contribution in [1.82, 2.24) is 24.7 Å². The van der Waals surface area contributed by atoms with E-state index in [-0.39, 0.29) is 29.2 Å². The van der Waals surface area contributed by atoms with Gasteiger partial charge in [0.25, 0.3) is 5.56 Å². The molecule has 0 radical (unpaired) electrons. The number of aromatic nitrogens is 2. The zero-order valence-electron chi connectivity index (χ0n) is 31.9. The van der Waals surface area contributed by atoms with Gasteiger partial charge in [-0.3, -0.25) is 29.1 Å². The predicted molar refractivity (Wildman–Crippen MR) is 214 cm³/mol. The second-order valence-electron chi connectivity index (χ2n) is 17.2. The minimum atomic E-state index is -0.392. The van der Waals surface area contributed by atoms with Crippen LogP contribution in [0.15, 0.2) is 65.5 Å². The third kappa shape index (κ3) is 6.51. The standard InChI is InChI=1S/C45H50ClN5O4/c1-45(2)35-15-11-31(26-38(35)51-37-8-4-7-36(46)40(37)42(54)48-44(45)51)28-17-21-49(22-18-28)33-12-9-29(10-13-33)43(55)50-23-19-27(20-24-50)30-5-3-6-32(25-30)34-14-16-39(52)47-41(34)53/h3-8,11,15,25-29,33-34H,9-10,12-14,16-24H2,1-2H3,(H,47,52,53). The highest BCUT2D eigenvalue weighted by Crippen LogP contribution is 2.45. The topological polar surface area (TPSA) is 105 Å². The minimum absolute atomic E-state index is 0.121. The van der Waals surface area contributed by atoms with Gasteiger partial charge in [0.1, 0.15) is 5.82 Å². The molecule has 4 aliphatic heterocycles. The number of carbonyl (C=O) groups is 3. The summed E-state index contributed by atoms with van der Waals surface area (Å²) < 4.78 is 2.16. The zero-order chi connectivity index (χ0) is 38.0. The Bertz CT molecular complexity index is 2240. The van der Waals surface area contributed by atoms with Crippen LogP contribution in [0.5, 0.6) is 0 Å². The normalized spacial score (nSPS) is 24.8. The number of carbonyl (C=O) groups excluding carboxylic acids is 3. The molecule has 5 heterocycles. The molecule has 0 spiro atoms. The molecule has 5 aliphatic rings. The van der Waals surface area contributed by atoms with Gasteiger partial charge in [-0.05, 0) is 137 Å². The number of hydrogen-bond acceptors (Lipinski definition) is 6. The van der Waals surface area contributed by atoms with Crippen LogP contribution in [0.25, 0.3) is 16.6 Å². The first-order valence-corrected chi connectivity index (χ1v) is 20.8. The summed E-state index contributed by atoms with van der Waals surface area (Å²) >= 11 is 6.51. The molecule has 4 fully saturated rings. The maximum Gasteiger partial charge on any atom is 0.282 e. The van der Waals surface area contributed by atoms with Crippen LogP contribution in [-0.4, -0.2) is 69.3 Å². The van der Waals surface area contributed by atoms with Gasteiger partial charge in [-0.15, -0.1) is 0 Å². The summed E-state index contributed by atoms with van der Waals surface area (Å²) in [6, 6.07) is 21.4. The quantitative estimate of drug-likeness (QED) is 0.214. The highest BCUT2D eigenvalue weighted by Gasteiger charge is 2.40. The van der Waals surface area contributed by atoms with Gasteiger partial charge in [0.15, 0.2) is 0 Å². The Hall–Kier alpha value is -4.34. The molecule has 9 rings (SSSR count).